The minimum absolute atomic E-state index is 0.146. The second-order valence-electron chi connectivity index (χ2n) is 5.15. The number of para-hydroxylation sites is 1. The minimum Gasteiger partial charge on any atom is -0.483 e. The molecular weight excluding hydrogens is 329 g/mol. The molecule has 0 unspecified atom stereocenters. The van der Waals surface area contributed by atoms with Gasteiger partial charge in [0.2, 0.25) is 0 Å². The van der Waals surface area contributed by atoms with Gasteiger partial charge in [0, 0.05) is 18.9 Å². The topological polar surface area (TPSA) is 60.2 Å². The van der Waals surface area contributed by atoms with Crippen LogP contribution < -0.4 is 4.74 Å². The van der Waals surface area contributed by atoms with E-state index in [1.807, 2.05) is 4.57 Å². The largest absolute Gasteiger partial charge is 0.483 e. The fourth-order valence-corrected chi connectivity index (χ4v) is 3.07. The van der Waals surface area contributed by atoms with E-state index in [1.54, 1.807) is 36.0 Å². The van der Waals surface area contributed by atoms with Crippen LogP contribution in [0.3, 0.4) is 0 Å². The van der Waals surface area contributed by atoms with Crippen molar-refractivity contribution in [1.82, 2.24) is 14.8 Å². The summed E-state index contributed by atoms with van der Waals surface area (Å²) in [5.41, 5.74) is 0. The van der Waals surface area contributed by atoms with Crippen molar-refractivity contribution in [3.8, 4) is 5.75 Å². The number of hydrogen-bond donors (Lipinski definition) is 1. The number of allylic oxidation sites excluding steroid dienone is 1. The van der Waals surface area contributed by atoms with Crippen LogP contribution in [0.25, 0.3) is 0 Å². The third-order valence-corrected chi connectivity index (χ3v) is 4.39. The van der Waals surface area contributed by atoms with Gasteiger partial charge in [-0.2, -0.15) is 0 Å². The second-order valence-corrected chi connectivity index (χ2v) is 6.21. The lowest BCUT2D eigenvalue weighted by Crippen LogP contribution is -2.08. The summed E-state index contributed by atoms with van der Waals surface area (Å²) in [6.45, 7) is 4.70. The molecule has 0 bridgehead atoms. The molecule has 0 amide bonds. The number of benzene rings is 1. The number of aliphatic hydroxyl groups excluding tert-OH is 1. The maximum Gasteiger partial charge on any atom is 0.191 e. The van der Waals surface area contributed by atoms with Gasteiger partial charge < -0.3 is 9.84 Å². The van der Waals surface area contributed by atoms with E-state index in [-0.39, 0.29) is 19.0 Å². The zero-order chi connectivity index (χ0) is 17.2. The van der Waals surface area contributed by atoms with E-state index in [4.69, 9.17) is 9.84 Å². The molecule has 0 aliphatic heterocycles. The third kappa shape index (κ3) is 5.35. The Kier molecular flexibility index (Phi) is 7.77. The highest BCUT2D eigenvalue weighted by Crippen LogP contribution is 2.21. The van der Waals surface area contributed by atoms with E-state index in [0.717, 1.165) is 30.2 Å². The first-order valence-corrected chi connectivity index (χ1v) is 8.88. The number of thioether (sulfide) groups is 1. The van der Waals surface area contributed by atoms with Gasteiger partial charge in [-0.25, -0.2) is 4.39 Å². The number of unbranched alkanes of at least 4 members (excludes halogenated alkanes) is 2. The molecule has 0 fully saturated rings. The van der Waals surface area contributed by atoms with E-state index in [9.17, 15) is 4.39 Å². The van der Waals surface area contributed by atoms with Crippen molar-refractivity contribution >= 4 is 11.8 Å². The van der Waals surface area contributed by atoms with E-state index in [2.05, 4.69) is 16.8 Å². The summed E-state index contributed by atoms with van der Waals surface area (Å²) in [5, 5.41) is 17.9. The molecule has 0 aliphatic rings. The van der Waals surface area contributed by atoms with Crippen LogP contribution in [0.2, 0.25) is 0 Å². The van der Waals surface area contributed by atoms with Crippen LogP contribution in [0.4, 0.5) is 4.39 Å². The van der Waals surface area contributed by atoms with Crippen molar-refractivity contribution in [2.75, 3.05) is 12.4 Å². The molecule has 0 saturated heterocycles. The van der Waals surface area contributed by atoms with Crippen LogP contribution in [0.1, 0.15) is 25.1 Å². The van der Waals surface area contributed by atoms with Crippen LogP contribution in [-0.2, 0) is 13.2 Å². The summed E-state index contributed by atoms with van der Waals surface area (Å²) in [5.74, 6) is 1.34. The molecule has 1 aromatic carbocycles. The van der Waals surface area contributed by atoms with Gasteiger partial charge in [-0.3, -0.25) is 4.57 Å². The van der Waals surface area contributed by atoms with Crippen molar-refractivity contribution < 1.29 is 14.2 Å². The zero-order valence-electron chi connectivity index (χ0n) is 13.5. The van der Waals surface area contributed by atoms with E-state index in [1.165, 1.54) is 6.07 Å². The molecule has 1 aromatic heterocycles. The number of ether oxygens (including phenoxy) is 1. The van der Waals surface area contributed by atoms with Gasteiger partial charge in [0.25, 0.3) is 0 Å². The molecule has 2 aromatic rings. The number of aromatic nitrogens is 3. The molecule has 0 saturated carbocycles. The summed E-state index contributed by atoms with van der Waals surface area (Å²) in [4.78, 5) is 0. The van der Waals surface area contributed by atoms with E-state index < -0.39 is 5.82 Å². The Morgan fingerprint density at radius 1 is 1.25 bits per heavy atom. The number of hydrogen-bond acceptors (Lipinski definition) is 5. The molecule has 2 rings (SSSR count). The monoisotopic (exact) mass is 351 g/mol. The molecule has 0 spiro atoms. The molecular formula is C17H22FN3O2S. The Labute approximate surface area is 145 Å². The average Bonchev–Trinajstić information content (AvgIpc) is 2.96. The lowest BCUT2D eigenvalue weighted by Gasteiger charge is -2.09. The van der Waals surface area contributed by atoms with Gasteiger partial charge in [0.1, 0.15) is 6.61 Å². The number of nitrogens with zero attached hydrogens (tertiary/aromatic N) is 3. The van der Waals surface area contributed by atoms with Gasteiger partial charge in [0.15, 0.2) is 22.5 Å². The molecule has 0 atom stereocenters. The quantitative estimate of drug-likeness (QED) is 0.382. The predicted octanol–water partition coefficient (Wildman–Crippen LogP) is 3.44. The number of halogens is 1. The standard InChI is InChI=1S/C17H22FN3O2S/c1-2-10-21-16(13-23-15-9-5-4-8-14(15)18)19-20-17(21)24-12-7-3-6-11-22/h2,4-5,8-9,22H,1,3,6-7,10-13H2. The lowest BCUT2D eigenvalue weighted by molar-refractivity contribution is 0.275. The maximum absolute atomic E-state index is 13.6. The Bertz CT molecular complexity index is 649. The van der Waals surface area contributed by atoms with Gasteiger partial charge in [0.05, 0.1) is 0 Å². The first-order valence-electron chi connectivity index (χ1n) is 7.90. The fraction of sp³-hybridized carbons (Fsp3) is 0.412. The van der Waals surface area contributed by atoms with Crippen molar-refractivity contribution in [2.24, 2.45) is 0 Å². The Morgan fingerprint density at radius 3 is 2.83 bits per heavy atom. The summed E-state index contributed by atoms with van der Waals surface area (Å²) < 4.78 is 21.0. The van der Waals surface area contributed by atoms with Crippen LogP contribution in [0.15, 0.2) is 42.1 Å². The van der Waals surface area contributed by atoms with Crippen molar-refractivity contribution in [3.05, 3.63) is 48.6 Å². The molecule has 1 heterocycles. The highest BCUT2D eigenvalue weighted by molar-refractivity contribution is 7.99. The van der Waals surface area contributed by atoms with Crippen molar-refractivity contribution in [2.45, 2.75) is 37.6 Å². The predicted molar refractivity (Wildman–Crippen MR) is 92.6 cm³/mol. The van der Waals surface area contributed by atoms with Gasteiger partial charge in [-0.05, 0) is 25.0 Å². The number of aliphatic hydroxyl groups is 1. The van der Waals surface area contributed by atoms with Crippen molar-refractivity contribution in [3.63, 3.8) is 0 Å². The van der Waals surface area contributed by atoms with E-state index >= 15 is 0 Å². The lowest BCUT2D eigenvalue weighted by atomic mass is 10.3. The highest BCUT2D eigenvalue weighted by atomic mass is 32.2. The summed E-state index contributed by atoms with van der Waals surface area (Å²) in [7, 11) is 0. The maximum atomic E-state index is 13.6. The number of rotatable bonds is 11. The van der Waals surface area contributed by atoms with Crippen molar-refractivity contribution in [1.29, 1.82) is 0 Å². The fourth-order valence-electron chi connectivity index (χ4n) is 2.10. The molecule has 0 aliphatic carbocycles. The van der Waals surface area contributed by atoms with Gasteiger partial charge >= 0.3 is 0 Å². The van der Waals surface area contributed by atoms with Crippen LogP contribution in [0, 0.1) is 5.82 Å². The second kappa shape index (κ2) is 10.1. The van der Waals surface area contributed by atoms with Crippen LogP contribution >= 0.6 is 11.8 Å². The van der Waals surface area contributed by atoms with Crippen LogP contribution in [-0.4, -0.2) is 32.2 Å². The van der Waals surface area contributed by atoms with E-state index in [0.29, 0.717) is 12.4 Å². The van der Waals surface area contributed by atoms with Crippen LogP contribution in [0.5, 0.6) is 5.75 Å². The summed E-state index contributed by atoms with van der Waals surface area (Å²) in [6.07, 6.45) is 4.59. The summed E-state index contributed by atoms with van der Waals surface area (Å²) >= 11 is 1.61. The Morgan fingerprint density at radius 2 is 2.08 bits per heavy atom. The summed E-state index contributed by atoms with van der Waals surface area (Å²) in [6, 6.07) is 6.28. The first-order chi connectivity index (χ1) is 11.8. The normalized spacial score (nSPS) is 10.8. The smallest absolute Gasteiger partial charge is 0.191 e. The SMILES string of the molecule is C=CCn1c(COc2ccccc2F)nnc1SCCCCCO. The van der Waals surface area contributed by atoms with Gasteiger partial charge in [-0.1, -0.05) is 36.4 Å². The zero-order valence-corrected chi connectivity index (χ0v) is 14.3. The molecule has 5 nitrogen and oxygen atoms in total. The third-order valence-electron chi connectivity index (χ3n) is 3.33. The molecule has 7 heteroatoms. The first kappa shape index (κ1) is 18.5. The highest BCUT2D eigenvalue weighted by Gasteiger charge is 2.13. The Balaban J connectivity index is 1.96. The minimum atomic E-state index is -0.397. The molecule has 130 valence electrons. The van der Waals surface area contributed by atoms with Gasteiger partial charge in [-0.15, -0.1) is 16.8 Å². The molecule has 24 heavy (non-hydrogen) atoms. The molecule has 1 N–H and O–H groups in total. The molecule has 0 radical (unpaired) electrons. The Hall–Kier alpha value is -1.86. The average molecular weight is 351 g/mol.